The van der Waals surface area contributed by atoms with Crippen molar-refractivity contribution >= 4 is 0 Å². The highest BCUT2D eigenvalue weighted by Gasteiger charge is 2.11. The number of nitrogens with zero attached hydrogens (tertiary/aromatic N) is 1. The summed E-state index contributed by atoms with van der Waals surface area (Å²) in [6.45, 7) is -0.0742. The Kier molecular flexibility index (Phi) is 4.42. The molecule has 14 heavy (non-hydrogen) atoms. The Morgan fingerprint density at radius 2 is 2.29 bits per heavy atom. The number of nitrogens with one attached hydrogen (secondary N) is 1. The van der Waals surface area contributed by atoms with Crippen LogP contribution in [0.25, 0.3) is 0 Å². The van der Waals surface area contributed by atoms with Gasteiger partial charge in [0, 0.05) is 25.0 Å². The van der Waals surface area contributed by atoms with Crippen molar-refractivity contribution in [1.29, 1.82) is 0 Å². The molecule has 0 aliphatic heterocycles. The van der Waals surface area contributed by atoms with E-state index in [1.54, 1.807) is 18.5 Å². The van der Waals surface area contributed by atoms with Crippen LogP contribution in [0.3, 0.4) is 0 Å². The second-order valence-electron chi connectivity index (χ2n) is 2.87. The van der Waals surface area contributed by atoms with Crippen molar-refractivity contribution in [1.82, 2.24) is 10.3 Å². The van der Waals surface area contributed by atoms with Crippen LogP contribution < -0.4 is 11.1 Å². The second kappa shape index (κ2) is 5.62. The van der Waals surface area contributed by atoms with Crippen molar-refractivity contribution in [2.45, 2.75) is 12.5 Å². The molecule has 5 heteroatoms. The van der Waals surface area contributed by atoms with E-state index in [0.717, 1.165) is 5.56 Å². The number of halogens is 2. The number of aromatic nitrogens is 1. The minimum absolute atomic E-state index is 0.252. The summed E-state index contributed by atoms with van der Waals surface area (Å²) in [5, 5.41) is 2.67. The fourth-order valence-corrected chi connectivity index (χ4v) is 1.15. The molecule has 0 aromatic carbocycles. The molecule has 0 saturated carbocycles. The third-order valence-electron chi connectivity index (χ3n) is 1.84. The largest absolute Gasteiger partial charge is 0.329 e. The highest BCUT2D eigenvalue weighted by atomic mass is 19.3. The van der Waals surface area contributed by atoms with Crippen molar-refractivity contribution in [2.24, 2.45) is 5.73 Å². The van der Waals surface area contributed by atoms with Crippen LogP contribution in [0.1, 0.15) is 11.6 Å². The average molecular weight is 201 g/mol. The SMILES string of the molecule is NCC(NCC(F)F)c1cccnc1. The summed E-state index contributed by atoms with van der Waals surface area (Å²) in [7, 11) is 0. The lowest BCUT2D eigenvalue weighted by molar-refractivity contribution is 0.141. The molecule has 1 rings (SSSR count). The smallest absolute Gasteiger partial charge is 0.250 e. The maximum absolute atomic E-state index is 11.9. The van der Waals surface area contributed by atoms with Gasteiger partial charge in [-0.15, -0.1) is 0 Å². The molecule has 0 saturated heterocycles. The number of hydrogen-bond donors (Lipinski definition) is 2. The minimum Gasteiger partial charge on any atom is -0.329 e. The van der Waals surface area contributed by atoms with Crippen molar-refractivity contribution in [3.8, 4) is 0 Å². The summed E-state index contributed by atoms with van der Waals surface area (Å²) in [6, 6.07) is 3.31. The summed E-state index contributed by atoms with van der Waals surface area (Å²) < 4.78 is 23.9. The van der Waals surface area contributed by atoms with Gasteiger partial charge in [-0.1, -0.05) is 6.07 Å². The number of hydrogen-bond acceptors (Lipinski definition) is 3. The van der Waals surface area contributed by atoms with Gasteiger partial charge in [-0.25, -0.2) is 8.78 Å². The van der Waals surface area contributed by atoms with Gasteiger partial charge < -0.3 is 11.1 Å². The van der Waals surface area contributed by atoms with Crippen LogP contribution >= 0.6 is 0 Å². The molecule has 1 aromatic rings. The predicted octanol–water partition coefficient (Wildman–Crippen LogP) is 0.936. The summed E-state index contributed by atoms with van der Waals surface area (Å²) in [4.78, 5) is 3.90. The van der Waals surface area contributed by atoms with Crippen LogP contribution in [0.2, 0.25) is 0 Å². The zero-order valence-corrected chi connectivity index (χ0v) is 7.66. The van der Waals surface area contributed by atoms with E-state index in [9.17, 15) is 8.78 Å². The van der Waals surface area contributed by atoms with Crippen molar-refractivity contribution < 1.29 is 8.78 Å². The van der Waals surface area contributed by atoms with Crippen LogP contribution in [0.15, 0.2) is 24.5 Å². The maximum atomic E-state index is 11.9. The topological polar surface area (TPSA) is 50.9 Å². The molecule has 0 bridgehead atoms. The highest BCUT2D eigenvalue weighted by Crippen LogP contribution is 2.09. The van der Waals surface area contributed by atoms with E-state index < -0.39 is 6.43 Å². The quantitative estimate of drug-likeness (QED) is 0.745. The fraction of sp³-hybridized carbons (Fsp3) is 0.444. The summed E-state index contributed by atoms with van der Waals surface area (Å²) in [5.41, 5.74) is 6.29. The molecule has 1 heterocycles. The predicted molar refractivity (Wildman–Crippen MR) is 50.0 cm³/mol. The van der Waals surface area contributed by atoms with Gasteiger partial charge in [0.15, 0.2) is 0 Å². The van der Waals surface area contributed by atoms with Gasteiger partial charge in [-0.3, -0.25) is 4.98 Å². The third kappa shape index (κ3) is 3.35. The van der Waals surface area contributed by atoms with E-state index >= 15 is 0 Å². The van der Waals surface area contributed by atoms with Crippen LogP contribution in [0, 0.1) is 0 Å². The van der Waals surface area contributed by atoms with Gasteiger partial charge in [0.05, 0.1) is 6.54 Å². The number of nitrogens with two attached hydrogens (primary N) is 1. The summed E-state index contributed by atoms with van der Waals surface area (Å²) in [6.07, 6.45) is 0.890. The van der Waals surface area contributed by atoms with Crippen LogP contribution in [-0.4, -0.2) is 24.5 Å². The Hall–Kier alpha value is -1.07. The summed E-state index contributed by atoms with van der Waals surface area (Å²) in [5.74, 6) is 0. The maximum Gasteiger partial charge on any atom is 0.250 e. The molecule has 0 fully saturated rings. The lowest BCUT2D eigenvalue weighted by Crippen LogP contribution is -2.31. The van der Waals surface area contributed by atoms with Crippen LogP contribution in [0.4, 0.5) is 8.78 Å². The van der Waals surface area contributed by atoms with Gasteiger partial charge in [0.1, 0.15) is 0 Å². The zero-order valence-electron chi connectivity index (χ0n) is 7.66. The molecule has 0 aliphatic rings. The molecule has 1 unspecified atom stereocenters. The first-order valence-electron chi connectivity index (χ1n) is 4.35. The van der Waals surface area contributed by atoms with E-state index in [2.05, 4.69) is 10.3 Å². The molecule has 0 radical (unpaired) electrons. The molecule has 1 atom stereocenters. The molecule has 3 N–H and O–H groups in total. The van der Waals surface area contributed by atoms with E-state index in [0.29, 0.717) is 0 Å². The van der Waals surface area contributed by atoms with E-state index in [-0.39, 0.29) is 19.1 Å². The first kappa shape index (κ1) is 11.0. The van der Waals surface area contributed by atoms with Gasteiger partial charge in [-0.2, -0.15) is 0 Å². The Morgan fingerprint density at radius 1 is 1.50 bits per heavy atom. The molecule has 78 valence electrons. The van der Waals surface area contributed by atoms with E-state index in [4.69, 9.17) is 5.73 Å². The van der Waals surface area contributed by atoms with Gasteiger partial charge in [-0.05, 0) is 11.6 Å². The average Bonchev–Trinajstić information content (AvgIpc) is 2.20. The normalized spacial score (nSPS) is 13.1. The van der Waals surface area contributed by atoms with Crippen molar-refractivity contribution in [2.75, 3.05) is 13.1 Å². The Morgan fingerprint density at radius 3 is 2.79 bits per heavy atom. The zero-order chi connectivity index (χ0) is 10.4. The number of pyridine rings is 1. The first-order valence-corrected chi connectivity index (χ1v) is 4.35. The first-order chi connectivity index (χ1) is 6.74. The Balaban J connectivity index is 2.54. The van der Waals surface area contributed by atoms with E-state index in [1.807, 2.05) is 6.07 Å². The van der Waals surface area contributed by atoms with Crippen LogP contribution in [-0.2, 0) is 0 Å². The molecule has 3 nitrogen and oxygen atoms in total. The number of rotatable bonds is 5. The van der Waals surface area contributed by atoms with Crippen molar-refractivity contribution in [3.63, 3.8) is 0 Å². The monoisotopic (exact) mass is 201 g/mol. The highest BCUT2D eigenvalue weighted by molar-refractivity contribution is 5.14. The van der Waals surface area contributed by atoms with Gasteiger partial charge in [0.2, 0.25) is 0 Å². The lowest BCUT2D eigenvalue weighted by atomic mass is 10.1. The Labute approximate surface area is 81.3 Å². The van der Waals surface area contributed by atoms with Gasteiger partial charge >= 0.3 is 0 Å². The van der Waals surface area contributed by atoms with E-state index in [1.165, 1.54) is 0 Å². The number of alkyl halides is 2. The molecule has 0 aliphatic carbocycles. The van der Waals surface area contributed by atoms with Gasteiger partial charge in [0.25, 0.3) is 6.43 Å². The molecule has 1 aromatic heterocycles. The molecular formula is C9H13F2N3. The minimum atomic E-state index is -2.36. The Bertz CT molecular complexity index is 253. The second-order valence-corrected chi connectivity index (χ2v) is 2.87. The van der Waals surface area contributed by atoms with Crippen molar-refractivity contribution in [3.05, 3.63) is 30.1 Å². The molecule has 0 spiro atoms. The fourth-order valence-electron chi connectivity index (χ4n) is 1.15. The third-order valence-corrected chi connectivity index (χ3v) is 1.84. The van der Waals surface area contributed by atoms with Crippen LogP contribution in [0.5, 0.6) is 0 Å². The molecular weight excluding hydrogens is 188 g/mol. The molecule has 0 amide bonds. The standard InChI is InChI=1S/C9H13F2N3/c10-9(11)6-14-8(4-12)7-2-1-3-13-5-7/h1-3,5,8-9,14H,4,6,12H2. The lowest BCUT2D eigenvalue weighted by Gasteiger charge is -2.16. The summed E-state index contributed by atoms with van der Waals surface area (Å²) >= 11 is 0.